The van der Waals surface area contributed by atoms with Crippen LogP contribution in [0.1, 0.15) is 38.3 Å². The van der Waals surface area contributed by atoms with Crippen LogP contribution in [-0.2, 0) is 14.8 Å². The van der Waals surface area contributed by atoms with Crippen molar-refractivity contribution >= 4 is 28.0 Å². The van der Waals surface area contributed by atoms with Crippen LogP contribution in [0.25, 0.3) is 0 Å². The zero-order valence-electron chi connectivity index (χ0n) is 18.0. The summed E-state index contributed by atoms with van der Waals surface area (Å²) in [5.74, 6) is 0.642. The normalized spacial score (nSPS) is 14.8. The molecule has 2 aromatic rings. The van der Waals surface area contributed by atoms with Crippen molar-refractivity contribution in [3.63, 3.8) is 0 Å². The van der Waals surface area contributed by atoms with E-state index in [0.717, 1.165) is 0 Å². The molecule has 8 nitrogen and oxygen atoms in total. The first-order valence-electron chi connectivity index (χ1n) is 9.81. The molecule has 0 aliphatic carbocycles. The highest BCUT2D eigenvalue weighted by atomic mass is 32.2. The third-order valence-electron chi connectivity index (χ3n) is 4.40. The van der Waals surface area contributed by atoms with Gasteiger partial charge in [-0.3, -0.25) is 4.79 Å². The van der Waals surface area contributed by atoms with E-state index in [1.54, 1.807) is 37.6 Å². The first-order valence-corrected chi connectivity index (χ1v) is 11.2. The molecule has 1 N–H and O–H groups in total. The van der Waals surface area contributed by atoms with Crippen LogP contribution in [0, 0.1) is 0 Å². The highest BCUT2D eigenvalue weighted by molar-refractivity contribution is 7.90. The van der Waals surface area contributed by atoms with Crippen LogP contribution in [0.4, 0.5) is 0 Å². The molecule has 0 spiro atoms. The Hall–Kier alpha value is -3.20. The molecule has 0 saturated carbocycles. The van der Waals surface area contributed by atoms with Gasteiger partial charge in [0.15, 0.2) is 5.84 Å². The van der Waals surface area contributed by atoms with E-state index in [0.29, 0.717) is 16.9 Å². The Balaban J connectivity index is 1.94. The molecule has 2 aromatic carbocycles. The number of nitrogens with one attached hydrogen (secondary N) is 1. The molecular formula is C22H26N4O4S. The van der Waals surface area contributed by atoms with Crippen LogP contribution in [0.5, 0.6) is 5.75 Å². The number of carbonyl (C=O) groups is 1. The lowest BCUT2D eigenvalue weighted by Crippen LogP contribution is -2.42. The molecule has 0 bridgehead atoms. The second-order valence-electron chi connectivity index (χ2n) is 8.04. The molecule has 1 amide bonds. The van der Waals surface area contributed by atoms with Crippen LogP contribution < -0.4 is 10.1 Å². The van der Waals surface area contributed by atoms with E-state index in [1.165, 1.54) is 11.1 Å². The van der Waals surface area contributed by atoms with Crippen molar-refractivity contribution in [1.29, 1.82) is 0 Å². The summed E-state index contributed by atoms with van der Waals surface area (Å²) in [6.07, 6.45) is 1.68. The smallest absolute Gasteiger partial charge is 0.285 e. The van der Waals surface area contributed by atoms with Gasteiger partial charge < -0.3 is 10.1 Å². The zero-order chi connectivity index (χ0) is 22.6. The van der Waals surface area contributed by atoms with E-state index in [-0.39, 0.29) is 35.1 Å². The minimum absolute atomic E-state index is 0.113. The first-order chi connectivity index (χ1) is 14.6. The van der Waals surface area contributed by atoms with Crippen molar-refractivity contribution in [2.45, 2.75) is 37.6 Å². The van der Waals surface area contributed by atoms with Gasteiger partial charge in [-0.1, -0.05) is 24.3 Å². The summed E-state index contributed by atoms with van der Waals surface area (Å²) in [4.78, 5) is 12.5. The van der Waals surface area contributed by atoms with Gasteiger partial charge in [-0.15, -0.1) is 4.40 Å². The van der Waals surface area contributed by atoms with E-state index < -0.39 is 10.0 Å². The third kappa shape index (κ3) is 5.49. The summed E-state index contributed by atoms with van der Waals surface area (Å²) in [6.45, 7) is 5.83. The Morgan fingerprint density at radius 3 is 2.55 bits per heavy atom. The minimum Gasteiger partial charge on any atom is -0.496 e. The summed E-state index contributed by atoms with van der Waals surface area (Å²) < 4.78 is 34.3. The molecule has 1 heterocycles. The maximum atomic E-state index is 12.5. The first kappa shape index (κ1) is 22.5. The van der Waals surface area contributed by atoms with Gasteiger partial charge >= 0.3 is 0 Å². The summed E-state index contributed by atoms with van der Waals surface area (Å²) in [7, 11) is -2.26. The van der Waals surface area contributed by atoms with E-state index in [1.807, 2.05) is 39.0 Å². The van der Waals surface area contributed by atoms with Crippen LogP contribution in [0.2, 0.25) is 0 Å². The lowest BCUT2D eigenvalue weighted by atomic mass is 10.1. The third-order valence-corrected chi connectivity index (χ3v) is 5.72. The van der Waals surface area contributed by atoms with Crippen LogP contribution >= 0.6 is 0 Å². The van der Waals surface area contributed by atoms with Crippen molar-refractivity contribution < 1.29 is 17.9 Å². The number of rotatable bonds is 6. The molecule has 0 fully saturated rings. The SMILES string of the molecule is COc1ccccc1/C=N/N(CCC(=O)NC(C)(C)C)C1=NS(=O)(=O)c2ccccc21. The van der Waals surface area contributed by atoms with Crippen molar-refractivity contribution in [2.24, 2.45) is 9.50 Å². The molecule has 1 aliphatic heterocycles. The van der Waals surface area contributed by atoms with Crippen molar-refractivity contribution in [3.8, 4) is 5.75 Å². The molecule has 0 unspecified atom stereocenters. The number of hydrogen-bond donors (Lipinski definition) is 1. The van der Waals surface area contributed by atoms with E-state index in [4.69, 9.17) is 4.74 Å². The van der Waals surface area contributed by atoms with Gasteiger partial charge in [0.2, 0.25) is 5.91 Å². The summed E-state index contributed by atoms with van der Waals surface area (Å²) in [6, 6.07) is 13.9. The Labute approximate surface area is 182 Å². The summed E-state index contributed by atoms with van der Waals surface area (Å²) in [5, 5.41) is 8.81. The number of amides is 1. The second-order valence-corrected chi connectivity index (χ2v) is 9.62. The Kier molecular flexibility index (Phi) is 6.45. The highest BCUT2D eigenvalue weighted by Gasteiger charge is 2.32. The van der Waals surface area contributed by atoms with Crippen molar-refractivity contribution in [3.05, 3.63) is 59.7 Å². The number of amidine groups is 1. The zero-order valence-corrected chi connectivity index (χ0v) is 18.8. The van der Waals surface area contributed by atoms with Gasteiger partial charge in [-0.2, -0.15) is 13.5 Å². The average molecular weight is 443 g/mol. The fourth-order valence-corrected chi connectivity index (χ4v) is 4.29. The summed E-state index contributed by atoms with van der Waals surface area (Å²) in [5.41, 5.74) is 0.795. The Bertz CT molecular complexity index is 1130. The molecule has 31 heavy (non-hydrogen) atoms. The topological polar surface area (TPSA) is 100 Å². The van der Waals surface area contributed by atoms with Crippen LogP contribution in [-0.4, -0.2) is 50.6 Å². The Morgan fingerprint density at radius 2 is 1.84 bits per heavy atom. The molecule has 164 valence electrons. The standard InChI is InChI=1S/C22H26N4O4S/c1-22(2,3)24-20(27)13-14-26(23-15-16-9-5-7-11-18(16)30-4)21-17-10-6-8-12-19(17)31(28,29)25-21/h5-12,15H,13-14H2,1-4H3,(H,24,27)/b23-15+. The number of hydrogen-bond acceptors (Lipinski definition) is 6. The van der Waals surface area contributed by atoms with Crippen LogP contribution in [0.3, 0.4) is 0 Å². The molecule has 3 rings (SSSR count). The van der Waals surface area contributed by atoms with E-state index >= 15 is 0 Å². The minimum atomic E-state index is -3.82. The van der Waals surface area contributed by atoms with E-state index in [2.05, 4.69) is 14.8 Å². The predicted octanol–water partition coefficient (Wildman–Crippen LogP) is 2.79. The van der Waals surface area contributed by atoms with Gasteiger partial charge in [0.25, 0.3) is 10.0 Å². The number of nitrogens with zero attached hydrogens (tertiary/aromatic N) is 3. The molecule has 1 aliphatic rings. The number of hydrazone groups is 1. The summed E-state index contributed by atoms with van der Waals surface area (Å²) >= 11 is 0. The molecule has 0 radical (unpaired) electrons. The number of fused-ring (bicyclic) bond motifs is 1. The molecule has 0 atom stereocenters. The average Bonchev–Trinajstić information content (AvgIpc) is 2.98. The van der Waals surface area contributed by atoms with Gasteiger partial charge in [0.1, 0.15) is 10.6 Å². The molecule has 0 saturated heterocycles. The molecule has 0 aromatic heterocycles. The molecular weight excluding hydrogens is 416 g/mol. The van der Waals surface area contributed by atoms with Crippen molar-refractivity contribution in [1.82, 2.24) is 10.3 Å². The number of benzene rings is 2. The van der Waals surface area contributed by atoms with Gasteiger partial charge in [-0.05, 0) is 45.0 Å². The lowest BCUT2D eigenvalue weighted by Gasteiger charge is -2.23. The monoisotopic (exact) mass is 442 g/mol. The lowest BCUT2D eigenvalue weighted by molar-refractivity contribution is -0.122. The maximum Gasteiger partial charge on any atom is 0.285 e. The maximum absolute atomic E-state index is 12.5. The number of ether oxygens (including phenoxy) is 1. The van der Waals surface area contributed by atoms with Gasteiger partial charge in [-0.25, -0.2) is 5.01 Å². The van der Waals surface area contributed by atoms with Crippen molar-refractivity contribution in [2.75, 3.05) is 13.7 Å². The Morgan fingerprint density at radius 1 is 1.16 bits per heavy atom. The van der Waals surface area contributed by atoms with E-state index in [9.17, 15) is 13.2 Å². The number of sulfonamides is 1. The number of carbonyl (C=O) groups excluding carboxylic acids is 1. The van der Waals surface area contributed by atoms with Gasteiger partial charge in [0.05, 0.1) is 19.9 Å². The van der Waals surface area contributed by atoms with Crippen LogP contribution in [0.15, 0.2) is 62.9 Å². The second kappa shape index (κ2) is 8.89. The predicted molar refractivity (Wildman–Crippen MR) is 120 cm³/mol. The number of methoxy groups -OCH3 is 1. The largest absolute Gasteiger partial charge is 0.496 e. The fourth-order valence-electron chi connectivity index (χ4n) is 3.09. The fraction of sp³-hybridized carbons (Fsp3) is 0.318. The number of para-hydroxylation sites is 1. The molecule has 9 heteroatoms. The highest BCUT2D eigenvalue weighted by Crippen LogP contribution is 2.28. The van der Waals surface area contributed by atoms with Gasteiger partial charge in [0, 0.05) is 23.1 Å². The quantitative estimate of drug-likeness (QED) is 0.548.